The SMILES string of the molecule is CC(C)Cc1cc(CC(C)C)c([S@+]([O-])N[C@@H](C(=O)N(C)C)C(C)(C)C)c(CC(C)C)c1. The van der Waals surface area contributed by atoms with Gasteiger partial charge in [0.05, 0.1) is 11.4 Å². The molecule has 0 saturated heterocycles. The lowest BCUT2D eigenvalue weighted by atomic mass is 9.87. The Morgan fingerprint density at radius 2 is 1.35 bits per heavy atom. The van der Waals surface area contributed by atoms with Crippen molar-refractivity contribution in [3.63, 3.8) is 0 Å². The van der Waals surface area contributed by atoms with Gasteiger partial charge in [0.25, 0.3) is 0 Å². The van der Waals surface area contributed by atoms with Gasteiger partial charge in [-0.3, -0.25) is 4.79 Å². The van der Waals surface area contributed by atoms with E-state index in [1.54, 1.807) is 19.0 Å². The maximum atomic E-state index is 13.8. The Bertz CT molecular complexity index is 690. The van der Waals surface area contributed by atoms with Crippen LogP contribution in [0.25, 0.3) is 0 Å². The van der Waals surface area contributed by atoms with Gasteiger partial charge < -0.3 is 9.45 Å². The minimum Gasteiger partial charge on any atom is -0.593 e. The summed E-state index contributed by atoms with van der Waals surface area (Å²) < 4.78 is 17.0. The molecule has 31 heavy (non-hydrogen) atoms. The van der Waals surface area contributed by atoms with Gasteiger partial charge in [-0.15, -0.1) is 4.72 Å². The average molecular weight is 451 g/mol. The Morgan fingerprint density at radius 3 is 1.68 bits per heavy atom. The second-order valence-electron chi connectivity index (χ2n) is 11.5. The third-order valence-corrected chi connectivity index (χ3v) is 6.51. The van der Waals surface area contributed by atoms with E-state index in [1.165, 1.54) is 5.56 Å². The van der Waals surface area contributed by atoms with Crippen LogP contribution in [0.4, 0.5) is 0 Å². The summed E-state index contributed by atoms with van der Waals surface area (Å²) in [6.45, 7) is 19.3. The molecule has 0 aliphatic carbocycles. The van der Waals surface area contributed by atoms with Gasteiger partial charge in [0.15, 0.2) is 4.90 Å². The molecule has 178 valence electrons. The van der Waals surface area contributed by atoms with E-state index in [0.29, 0.717) is 17.8 Å². The number of hydrogen-bond acceptors (Lipinski definition) is 3. The number of carbonyl (C=O) groups excluding carboxylic acids is 1. The Hall–Kier alpha value is -1.04. The number of nitrogens with one attached hydrogen (secondary N) is 1. The molecule has 1 aromatic rings. The Morgan fingerprint density at radius 1 is 0.935 bits per heavy atom. The fourth-order valence-corrected chi connectivity index (χ4v) is 5.41. The van der Waals surface area contributed by atoms with E-state index in [0.717, 1.165) is 35.3 Å². The second-order valence-corrected chi connectivity index (χ2v) is 12.6. The molecule has 0 aliphatic heterocycles. The molecule has 1 rings (SSSR count). The lowest BCUT2D eigenvalue weighted by molar-refractivity contribution is -0.132. The molecule has 0 bridgehead atoms. The summed E-state index contributed by atoms with van der Waals surface area (Å²) >= 11 is -1.47. The number of benzene rings is 1. The van der Waals surface area contributed by atoms with Crippen molar-refractivity contribution in [1.29, 1.82) is 0 Å². The summed E-state index contributed by atoms with van der Waals surface area (Å²) in [6, 6.07) is 3.97. The zero-order valence-corrected chi connectivity index (χ0v) is 22.6. The third-order valence-electron chi connectivity index (χ3n) is 5.17. The van der Waals surface area contributed by atoms with Gasteiger partial charge >= 0.3 is 0 Å². The highest BCUT2D eigenvalue weighted by Gasteiger charge is 2.38. The van der Waals surface area contributed by atoms with Crippen LogP contribution in [0.15, 0.2) is 17.0 Å². The number of rotatable bonds is 10. The molecule has 0 aliphatic rings. The molecule has 0 fully saturated rings. The topological polar surface area (TPSA) is 55.4 Å². The van der Waals surface area contributed by atoms with Gasteiger partial charge in [-0.25, -0.2) is 0 Å². The predicted octanol–water partition coefficient (Wildman–Crippen LogP) is 5.40. The van der Waals surface area contributed by atoms with E-state index < -0.39 is 17.4 Å². The first-order chi connectivity index (χ1) is 14.1. The van der Waals surface area contributed by atoms with Crippen LogP contribution in [0.5, 0.6) is 0 Å². The van der Waals surface area contributed by atoms with Gasteiger partial charge in [-0.1, -0.05) is 74.4 Å². The van der Waals surface area contributed by atoms with Crippen LogP contribution in [0, 0.1) is 23.2 Å². The summed E-state index contributed by atoms with van der Waals surface area (Å²) in [5, 5.41) is 0. The highest BCUT2D eigenvalue weighted by atomic mass is 32.2. The van der Waals surface area contributed by atoms with Crippen molar-refractivity contribution in [2.45, 2.75) is 92.5 Å². The van der Waals surface area contributed by atoms with Crippen LogP contribution in [-0.4, -0.2) is 35.5 Å². The minimum atomic E-state index is -1.47. The molecule has 0 radical (unpaired) electrons. The monoisotopic (exact) mass is 450 g/mol. The van der Waals surface area contributed by atoms with E-state index in [2.05, 4.69) is 58.4 Å². The first kappa shape index (κ1) is 28.0. The van der Waals surface area contributed by atoms with Gasteiger partial charge in [0, 0.05) is 25.2 Å². The van der Waals surface area contributed by atoms with Crippen LogP contribution in [0.1, 0.15) is 79.0 Å². The van der Waals surface area contributed by atoms with Crippen LogP contribution in [0.2, 0.25) is 0 Å². The first-order valence-electron chi connectivity index (χ1n) is 11.7. The zero-order valence-electron chi connectivity index (χ0n) is 21.8. The highest BCUT2D eigenvalue weighted by Crippen LogP contribution is 2.30. The quantitative estimate of drug-likeness (QED) is 0.486. The average Bonchev–Trinajstić information content (AvgIpc) is 2.55. The minimum absolute atomic E-state index is 0.0481. The van der Waals surface area contributed by atoms with Gasteiger partial charge in [-0.05, 0) is 48.0 Å². The molecular weight excluding hydrogens is 404 g/mol. The fourth-order valence-electron chi connectivity index (χ4n) is 3.86. The molecule has 2 atom stereocenters. The second kappa shape index (κ2) is 11.7. The van der Waals surface area contributed by atoms with Crippen molar-refractivity contribution < 1.29 is 9.35 Å². The number of carbonyl (C=O) groups is 1. The molecule has 0 aromatic heterocycles. The first-order valence-corrected chi connectivity index (χ1v) is 12.8. The van der Waals surface area contributed by atoms with Crippen molar-refractivity contribution in [2.75, 3.05) is 14.1 Å². The molecule has 1 aromatic carbocycles. The molecule has 0 heterocycles. The number of likely N-dealkylation sites (N-methyl/N-ethyl adjacent to an activating group) is 1. The number of hydrogen-bond donors (Lipinski definition) is 1. The lowest BCUT2D eigenvalue weighted by Gasteiger charge is -2.32. The standard InChI is InChI=1S/C26H46N2O2S/c1-17(2)12-20-15-21(13-18(3)4)23(22(16-20)14-19(5)6)31(30)27-24(26(7,8)9)25(29)28(10)11/h15-19,24,27H,12-14H2,1-11H3/t24-,31-/m0/s1. The van der Waals surface area contributed by atoms with Crippen molar-refractivity contribution in [3.05, 3.63) is 28.8 Å². The van der Waals surface area contributed by atoms with Crippen LogP contribution < -0.4 is 4.72 Å². The summed E-state index contributed by atoms with van der Waals surface area (Å²) in [7, 11) is 3.50. The van der Waals surface area contributed by atoms with E-state index in [4.69, 9.17) is 0 Å². The van der Waals surface area contributed by atoms with Crippen molar-refractivity contribution in [1.82, 2.24) is 9.62 Å². The zero-order chi connectivity index (χ0) is 24.1. The summed E-state index contributed by atoms with van der Waals surface area (Å²) in [5.74, 6) is 1.43. The molecule has 5 heteroatoms. The molecular formula is C26H46N2O2S. The molecule has 0 saturated carbocycles. The van der Waals surface area contributed by atoms with E-state index in [-0.39, 0.29) is 11.3 Å². The van der Waals surface area contributed by atoms with Gasteiger partial charge in [0.1, 0.15) is 6.04 Å². The number of amides is 1. The number of nitrogens with zero attached hydrogens (tertiary/aromatic N) is 1. The summed E-state index contributed by atoms with van der Waals surface area (Å²) in [5.41, 5.74) is 3.27. The molecule has 0 spiro atoms. The largest absolute Gasteiger partial charge is 0.593 e. The van der Waals surface area contributed by atoms with Crippen LogP contribution in [0.3, 0.4) is 0 Å². The summed E-state index contributed by atoms with van der Waals surface area (Å²) in [4.78, 5) is 15.4. The molecule has 1 amide bonds. The van der Waals surface area contributed by atoms with E-state index >= 15 is 0 Å². The summed E-state index contributed by atoms with van der Waals surface area (Å²) in [6.07, 6.45) is 2.77. The van der Waals surface area contributed by atoms with Gasteiger partial charge in [-0.2, -0.15) is 0 Å². The van der Waals surface area contributed by atoms with E-state index in [9.17, 15) is 9.35 Å². The van der Waals surface area contributed by atoms with E-state index in [1.807, 2.05) is 20.8 Å². The van der Waals surface area contributed by atoms with Crippen LogP contribution >= 0.6 is 0 Å². The normalized spacial score (nSPS) is 14.4. The molecule has 4 nitrogen and oxygen atoms in total. The molecule has 1 N–H and O–H groups in total. The van der Waals surface area contributed by atoms with Gasteiger partial charge in [0.2, 0.25) is 5.91 Å². The maximum Gasteiger partial charge on any atom is 0.244 e. The Labute approximate surface area is 194 Å². The van der Waals surface area contributed by atoms with Crippen molar-refractivity contribution >= 4 is 17.3 Å². The maximum absolute atomic E-state index is 13.8. The lowest BCUT2D eigenvalue weighted by Crippen LogP contribution is -2.53. The third kappa shape index (κ3) is 8.78. The smallest absolute Gasteiger partial charge is 0.244 e. The Kier molecular flexibility index (Phi) is 10.6. The highest BCUT2D eigenvalue weighted by molar-refractivity contribution is 7.89. The van der Waals surface area contributed by atoms with Crippen LogP contribution in [-0.2, 0) is 35.4 Å². The Balaban J connectivity index is 3.54. The molecule has 0 unspecified atom stereocenters. The predicted molar refractivity (Wildman–Crippen MR) is 134 cm³/mol. The van der Waals surface area contributed by atoms with Crippen molar-refractivity contribution in [3.8, 4) is 0 Å². The fraction of sp³-hybridized carbons (Fsp3) is 0.731. The van der Waals surface area contributed by atoms with Crippen molar-refractivity contribution in [2.24, 2.45) is 23.2 Å².